The summed E-state index contributed by atoms with van der Waals surface area (Å²) >= 11 is 2.83. The van der Waals surface area contributed by atoms with Crippen LogP contribution in [0.25, 0.3) is 0 Å². The number of carbonyl (C=O) groups is 1. The van der Waals surface area contributed by atoms with Crippen LogP contribution >= 0.6 is 23.1 Å². The molecule has 0 radical (unpaired) electrons. The van der Waals surface area contributed by atoms with Crippen molar-refractivity contribution in [2.24, 2.45) is 0 Å². The summed E-state index contributed by atoms with van der Waals surface area (Å²) in [6, 6.07) is 5.99. The van der Waals surface area contributed by atoms with Gasteiger partial charge in [0.25, 0.3) is 0 Å². The first-order valence-electron chi connectivity index (χ1n) is 5.40. The second kappa shape index (κ2) is 5.97. The van der Waals surface area contributed by atoms with Gasteiger partial charge < -0.3 is 5.32 Å². The van der Waals surface area contributed by atoms with Gasteiger partial charge in [-0.05, 0) is 37.1 Å². The third-order valence-corrected chi connectivity index (χ3v) is 4.03. The molecule has 1 N–H and O–H groups in total. The fourth-order valence-electron chi connectivity index (χ4n) is 1.60. The van der Waals surface area contributed by atoms with Crippen LogP contribution < -0.4 is 5.32 Å². The molecule has 1 heterocycles. The van der Waals surface area contributed by atoms with E-state index in [9.17, 15) is 4.79 Å². The van der Waals surface area contributed by atoms with Crippen molar-refractivity contribution < 1.29 is 4.79 Å². The molecule has 2 rings (SSSR count). The van der Waals surface area contributed by atoms with E-state index >= 15 is 0 Å². The number of benzene rings is 1. The number of aryl methyl sites for hydroxylation is 2. The monoisotopic (exact) mass is 279 g/mol. The summed E-state index contributed by atoms with van der Waals surface area (Å²) in [7, 11) is 0. The average molecular weight is 279 g/mol. The Morgan fingerprint density at radius 3 is 2.67 bits per heavy atom. The summed E-state index contributed by atoms with van der Waals surface area (Å²) in [6.07, 6.45) is 0. The Bertz CT molecular complexity index is 520. The summed E-state index contributed by atoms with van der Waals surface area (Å²) in [5, 5.41) is 10.5. The van der Waals surface area contributed by atoms with Crippen molar-refractivity contribution in [1.29, 1.82) is 0 Å². The van der Waals surface area contributed by atoms with Gasteiger partial charge in [-0.2, -0.15) is 0 Å². The molecule has 6 heteroatoms. The van der Waals surface area contributed by atoms with Gasteiger partial charge in [-0.1, -0.05) is 29.2 Å². The van der Waals surface area contributed by atoms with Crippen molar-refractivity contribution in [1.82, 2.24) is 10.2 Å². The molecule has 18 heavy (non-hydrogen) atoms. The zero-order chi connectivity index (χ0) is 13.0. The van der Waals surface area contributed by atoms with E-state index in [-0.39, 0.29) is 5.91 Å². The van der Waals surface area contributed by atoms with E-state index in [1.807, 2.05) is 26.0 Å². The third-order valence-electron chi connectivity index (χ3n) is 2.17. The molecule has 0 saturated heterocycles. The van der Waals surface area contributed by atoms with Gasteiger partial charge in [-0.3, -0.25) is 4.79 Å². The van der Waals surface area contributed by atoms with Crippen LogP contribution in [0.5, 0.6) is 0 Å². The smallest absolute Gasteiger partial charge is 0.234 e. The molecule has 0 spiro atoms. The Morgan fingerprint density at radius 2 is 2.06 bits per heavy atom. The predicted octanol–water partition coefficient (Wildman–Crippen LogP) is 2.89. The molecule has 0 aliphatic rings. The van der Waals surface area contributed by atoms with E-state index in [0.29, 0.717) is 5.75 Å². The molecule has 94 valence electrons. The summed E-state index contributed by atoms with van der Waals surface area (Å²) in [4.78, 5) is 11.8. The maximum absolute atomic E-state index is 11.8. The summed E-state index contributed by atoms with van der Waals surface area (Å²) in [6.45, 7) is 4.03. The average Bonchev–Trinajstić information content (AvgIpc) is 2.77. The Labute approximate surface area is 114 Å². The molecule has 0 bridgehead atoms. The van der Waals surface area contributed by atoms with Gasteiger partial charge in [0.1, 0.15) is 5.51 Å². The molecule has 1 aromatic carbocycles. The molecular weight excluding hydrogens is 266 g/mol. The third kappa shape index (κ3) is 3.82. The maximum atomic E-state index is 11.8. The van der Waals surface area contributed by atoms with Gasteiger partial charge in [-0.15, -0.1) is 10.2 Å². The molecule has 0 saturated carbocycles. The lowest BCUT2D eigenvalue weighted by molar-refractivity contribution is -0.113. The van der Waals surface area contributed by atoms with Crippen molar-refractivity contribution in [3.05, 3.63) is 34.8 Å². The number of anilines is 1. The van der Waals surface area contributed by atoms with Crippen molar-refractivity contribution in [3.63, 3.8) is 0 Å². The fraction of sp³-hybridized carbons (Fsp3) is 0.250. The van der Waals surface area contributed by atoms with E-state index in [0.717, 1.165) is 21.2 Å². The van der Waals surface area contributed by atoms with Crippen LogP contribution in [0.1, 0.15) is 11.1 Å². The summed E-state index contributed by atoms with van der Waals surface area (Å²) in [5.41, 5.74) is 4.78. The van der Waals surface area contributed by atoms with Crippen molar-refractivity contribution in [2.45, 2.75) is 18.2 Å². The van der Waals surface area contributed by atoms with E-state index in [2.05, 4.69) is 21.6 Å². The Kier molecular flexibility index (Phi) is 4.33. The number of hydrogen-bond acceptors (Lipinski definition) is 5. The predicted molar refractivity (Wildman–Crippen MR) is 75.2 cm³/mol. The first kappa shape index (κ1) is 13.0. The van der Waals surface area contributed by atoms with Crippen molar-refractivity contribution in [3.8, 4) is 0 Å². The van der Waals surface area contributed by atoms with Gasteiger partial charge in [0.05, 0.1) is 5.75 Å². The molecule has 0 atom stereocenters. The van der Waals surface area contributed by atoms with Crippen molar-refractivity contribution >= 4 is 34.7 Å². The van der Waals surface area contributed by atoms with Crippen LogP contribution in [0.3, 0.4) is 0 Å². The summed E-state index contributed by atoms with van der Waals surface area (Å²) < 4.78 is 0.811. The normalized spacial score (nSPS) is 10.3. The lowest BCUT2D eigenvalue weighted by atomic mass is 10.1. The lowest BCUT2D eigenvalue weighted by Crippen LogP contribution is -2.14. The number of hydrogen-bond donors (Lipinski definition) is 1. The van der Waals surface area contributed by atoms with E-state index in [1.54, 1.807) is 5.51 Å². The largest absolute Gasteiger partial charge is 0.325 e. The van der Waals surface area contributed by atoms with Gasteiger partial charge in [-0.25, -0.2) is 0 Å². The zero-order valence-electron chi connectivity index (χ0n) is 10.1. The van der Waals surface area contributed by atoms with Crippen LogP contribution in [0.15, 0.2) is 28.0 Å². The Morgan fingerprint density at radius 1 is 1.33 bits per heavy atom. The lowest BCUT2D eigenvalue weighted by Gasteiger charge is -2.06. The quantitative estimate of drug-likeness (QED) is 0.874. The molecule has 0 fully saturated rings. The number of carbonyl (C=O) groups excluding carboxylic acids is 1. The first-order chi connectivity index (χ1) is 8.63. The van der Waals surface area contributed by atoms with E-state index < -0.39 is 0 Å². The van der Waals surface area contributed by atoms with Crippen LogP contribution in [0, 0.1) is 13.8 Å². The first-order valence-corrected chi connectivity index (χ1v) is 7.27. The minimum absolute atomic E-state index is 0.0276. The van der Waals surface area contributed by atoms with Crippen LogP contribution in [0.4, 0.5) is 5.69 Å². The van der Waals surface area contributed by atoms with Crippen LogP contribution in [-0.2, 0) is 4.79 Å². The number of thioether (sulfide) groups is 1. The molecule has 0 unspecified atom stereocenters. The maximum Gasteiger partial charge on any atom is 0.234 e. The van der Waals surface area contributed by atoms with Gasteiger partial charge in [0.2, 0.25) is 5.91 Å². The minimum atomic E-state index is -0.0276. The highest BCUT2D eigenvalue weighted by molar-refractivity contribution is 8.01. The molecule has 0 aliphatic heterocycles. The SMILES string of the molecule is Cc1cc(C)cc(NC(=O)CSc2nncs2)c1. The van der Waals surface area contributed by atoms with E-state index in [1.165, 1.54) is 23.1 Å². The highest BCUT2D eigenvalue weighted by Gasteiger charge is 2.06. The number of nitrogens with zero attached hydrogens (tertiary/aromatic N) is 2. The number of amides is 1. The minimum Gasteiger partial charge on any atom is -0.325 e. The molecule has 2 aromatic rings. The van der Waals surface area contributed by atoms with Crippen LogP contribution in [-0.4, -0.2) is 21.9 Å². The zero-order valence-corrected chi connectivity index (χ0v) is 11.8. The molecular formula is C12H13N3OS2. The number of aromatic nitrogens is 2. The second-order valence-electron chi connectivity index (χ2n) is 3.92. The van der Waals surface area contributed by atoms with E-state index in [4.69, 9.17) is 0 Å². The molecule has 0 aliphatic carbocycles. The van der Waals surface area contributed by atoms with Gasteiger partial charge in [0, 0.05) is 5.69 Å². The van der Waals surface area contributed by atoms with Gasteiger partial charge >= 0.3 is 0 Å². The van der Waals surface area contributed by atoms with Gasteiger partial charge in [0.15, 0.2) is 4.34 Å². The fourth-order valence-corrected chi connectivity index (χ4v) is 2.89. The second-order valence-corrected chi connectivity index (χ2v) is 5.97. The summed E-state index contributed by atoms with van der Waals surface area (Å²) in [5.74, 6) is 0.322. The highest BCUT2D eigenvalue weighted by Crippen LogP contribution is 2.19. The highest BCUT2D eigenvalue weighted by atomic mass is 32.2. The number of nitrogens with one attached hydrogen (secondary N) is 1. The molecule has 1 amide bonds. The van der Waals surface area contributed by atoms with Crippen LogP contribution in [0.2, 0.25) is 0 Å². The molecule has 1 aromatic heterocycles. The van der Waals surface area contributed by atoms with Crippen molar-refractivity contribution in [2.75, 3.05) is 11.1 Å². The Balaban J connectivity index is 1.90. The molecule has 4 nitrogen and oxygen atoms in total. The topological polar surface area (TPSA) is 54.9 Å². The standard InChI is InChI=1S/C12H13N3OS2/c1-8-3-9(2)5-10(4-8)14-11(16)6-17-12-15-13-7-18-12/h3-5,7H,6H2,1-2H3,(H,14,16). The Hall–Kier alpha value is -1.40. The number of rotatable bonds is 4.